The molecule has 0 bridgehead atoms. The van der Waals surface area contributed by atoms with Crippen molar-refractivity contribution in [3.63, 3.8) is 0 Å². The number of benzene rings is 1. The second kappa shape index (κ2) is 7.61. The van der Waals surface area contributed by atoms with Crippen molar-refractivity contribution >= 4 is 17.5 Å². The topological polar surface area (TPSA) is 62.5 Å². The molecule has 5 rings (SSSR count). The fraction of sp³-hybridized carbons (Fsp3) is 0.591. The largest absolute Gasteiger partial charge is 0.339 e. The molecule has 0 radical (unpaired) electrons. The summed E-state index contributed by atoms with van der Waals surface area (Å²) in [5.41, 5.74) is 0.176. The Morgan fingerprint density at radius 3 is 2.77 bits per heavy atom. The van der Waals surface area contributed by atoms with E-state index in [1.54, 1.807) is 4.90 Å². The first-order valence-electron chi connectivity index (χ1n) is 10.7. The minimum absolute atomic E-state index is 0.0511. The summed E-state index contributed by atoms with van der Waals surface area (Å²) < 4.78 is 19.6. The van der Waals surface area contributed by atoms with E-state index in [4.69, 9.17) is 21.1 Å². The standard InChI is InChI=1S/C22H26ClFN4O2/c1-27-13-22(12-18(27)19-25-20(30-26-19)14-3-2-4-14)7-9-28(10-8-22)21(29)16-11-15(23)5-6-17(16)24/h5-6,11,14,18H,2-4,7-10,12-13H2,1H3. The van der Waals surface area contributed by atoms with E-state index >= 15 is 0 Å². The predicted molar refractivity (Wildman–Crippen MR) is 110 cm³/mol. The Morgan fingerprint density at radius 2 is 2.07 bits per heavy atom. The average Bonchev–Trinajstić information content (AvgIpc) is 3.27. The number of hydrogen-bond donors (Lipinski definition) is 0. The van der Waals surface area contributed by atoms with Gasteiger partial charge in [0.15, 0.2) is 5.82 Å². The number of hydrogen-bond acceptors (Lipinski definition) is 5. The highest BCUT2D eigenvalue weighted by Crippen LogP contribution is 2.48. The number of likely N-dealkylation sites (tertiary alicyclic amines) is 2. The molecule has 1 amide bonds. The van der Waals surface area contributed by atoms with Crippen LogP contribution in [0.4, 0.5) is 4.39 Å². The first-order chi connectivity index (χ1) is 14.4. The molecule has 3 heterocycles. The summed E-state index contributed by atoms with van der Waals surface area (Å²) in [7, 11) is 2.11. The lowest BCUT2D eigenvalue weighted by molar-refractivity contribution is 0.0589. The van der Waals surface area contributed by atoms with Crippen LogP contribution in [-0.2, 0) is 0 Å². The van der Waals surface area contributed by atoms with Gasteiger partial charge in [0, 0.05) is 30.6 Å². The van der Waals surface area contributed by atoms with Crippen LogP contribution in [0.2, 0.25) is 5.02 Å². The van der Waals surface area contributed by atoms with Gasteiger partial charge in [0.25, 0.3) is 5.91 Å². The minimum Gasteiger partial charge on any atom is -0.339 e. The third-order valence-electron chi connectivity index (χ3n) is 7.22. The summed E-state index contributed by atoms with van der Waals surface area (Å²) in [6.07, 6.45) is 6.25. The van der Waals surface area contributed by atoms with Crippen LogP contribution in [0.25, 0.3) is 0 Å². The van der Waals surface area contributed by atoms with Crippen molar-refractivity contribution in [3.8, 4) is 0 Å². The van der Waals surface area contributed by atoms with Gasteiger partial charge in [-0.15, -0.1) is 0 Å². The van der Waals surface area contributed by atoms with Gasteiger partial charge >= 0.3 is 0 Å². The minimum atomic E-state index is -0.523. The third-order valence-corrected chi connectivity index (χ3v) is 7.46. The Kier molecular flexibility index (Phi) is 5.06. The summed E-state index contributed by atoms with van der Waals surface area (Å²) in [4.78, 5) is 21.6. The molecule has 1 atom stereocenters. The highest BCUT2D eigenvalue weighted by Gasteiger charge is 2.47. The normalized spacial score (nSPS) is 24.4. The molecule has 3 aliphatic rings. The van der Waals surface area contributed by atoms with Crippen LogP contribution in [-0.4, -0.2) is 52.5 Å². The van der Waals surface area contributed by atoms with Gasteiger partial charge in [-0.3, -0.25) is 9.69 Å². The SMILES string of the molecule is CN1CC2(CCN(C(=O)c3cc(Cl)ccc3F)CC2)CC1c1noc(C2CCC2)n1. The van der Waals surface area contributed by atoms with E-state index in [9.17, 15) is 9.18 Å². The molecule has 1 aromatic heterocycles. The van der Waals surface area contributed by atoms with Crippen molar-refractivity contribution in [1.29, 1.82) is 0 Å². The zero-order chi connectivity index (χ0) is 20.9. The molecule has 6 nitrogen and oxygen atoms in total. The Morgan fingerprint density at radius 1 is 1.30 bits per heavy atom. The molecule has 2 aliphatic heterocycles. The number of carbonyl (C=O) groups is 1. The van der Waals surface area contributed by atoms with Crippen molar-refractivity contribution in [2.45, 2.75) is 50.5 Å². The van der Waals surface area contributed by atoms with E-state index in [2.05, 4.69) is 17.1 Å². The van der Waals surface area contributed by atoms with Gasteiger partial charge in [0.05, 0.1) is 11.6 Å². The summed E-state index contributed by atoms with van der Waals surface area (Å²) >= 11 is 5.96. The van der Waals surface area contributed by atoms with E-state index in [0.29, 0.717) is 24.0 Å². The molecule has 30 heavy (non-hydrogen) atoms. The molecule has 2 saturated heterocycles. The Balaban J connectivity index is 1.25. The lowest BCUT2D eigenvalue weighted by atomic mass is 9.76. The fourth-order valence-corrected chi connectivity index (χ4v) is 5.31. The lowest BCUT2D eigenvalue weighted by Gasteiger charge is -2.39. The molecule has 2 aromatic rings. The van der Waals surface area contributed by atoms with Crippen LogP contribution in [0.15, 0.2) is 22.7 Å². The Bertz CT molecular complexity index is 952. The van der Waals surface area contributed by atoms with Gasteiger partial charge in [-0.25, -0.2) is 4.39 Å². The zero-order valence-corrected chi connectivity index (χ0v) is 17.9. The summed E-state index contributed by atoms with van der Waals surface area (Å²) in [5.74, 6) is 1.21. The Labute approximate surface area is 180 Å². The number of carbonyl (C=O) groups excluding carboxylic acids is 1. The number of amides is 1. The van der Waals surface area contributed by atoms with Crippen LogP contribution >= 0.6 is 11.6 Å². The third kappa shape index (κ3) is 3.52. The zero-order valence-electron chi connectivity index (χ0n) is 17.1. The molecule has 1 aromatic carbocycles. The van der Waals surface area contributed by atoms with Gasteiger partial charge in [0.2, 0.25) is 5.89 Å². The smallest absolute Gasteiger partial charge is 0.256 e. The molecular formula is C22H26ClFN4O2. The van der Waals surface area contributed by atoms with Crippen molar-refractivity contribution < 1.29 is 13.7 Å². The van der Waals surface area contributed by atoms with Crippen molar-refractivity contribution in [3.05, 3.63) is 46.3 Å². The van der Waals surface area contributed by atoms with Crippen molar-refractivity contribution in [2.24, 2.45) is 5.41 Å². The van der Waals surface area contributed by atoms with Crippen molar-refractivity contribution in [2.75, 3.05) is 26.7 Å². The molecular weight excluding hydrogens is 407 g/mol. The molecule has 8 heteroatoms. The number of nitrogens with zero attached hydrogens (tertiary/aromatic N) is 4. The summed E-state index contributed by atoms with van der Waals surface area (Å²) in [5, 5.41) is 4.65. The lowest BCUT2D eigenvalue weighted by Crippen LogP contribution is -2.44. The van der Waals surface area contributed by atoms with Crippen LogP contribution in [0.5, 0.6) is 0 Å². The van der Waals surface area contributed by atoms with Crippen LogP contribution < -0.4 is 0 Å². The highest BCUT2D eigenvalue weighted by atomic mass is 35.5. The van der Waals surface area contributed by atoms with Crippen LogP contribution in [0, 0.1) is 11.2 Å². The number of halogens is 2. The fourth-order valence-electron chi connectivity index (χ4n) is 5.14. The summed E-state index contributed by atoms with van der Waals surface area (Å²) in [6, 6.07) is 4.27. The number of rotatable bonds is 3. The summed E-state index contributed by atoms with van der Waals surface area (Å²) in [6.45, 7) is 2.17. The quantitative estimate of drug-likeness (QED) is 0.718. The maximum absolute atomic E-state index is 14.1. The molecule has 1 saturated carbocycles. The van der Waals surface area contributed by atoms with Crippen LogP contribution in [0.3, 0.4) is 0 Å². The van der Waals surface area contributed by atoms with Crippen molar-refractivity contribution in [1.82, 2.24) is 19.9 Å². The average molecular weight is 433 g/mol. The molecule has 1 spiro atoms. The second-order valence-electron chi connectivity index (χ2n) is 9.17. The van der Waals surface area contributed by atoms with Gasteiger partial charge in [-0.1, -0.05) is 23.2 Å². The van der Waals surface area contributed by atoms with Gasteiger partial charge in [-0.2, -0.15) is 4.98 Å². The molecule has 1 aliphatic carbocycles. The van der Waals surface area contributed by atoms with E-state index in [1.807, 2.05) is 0 Å². The van der Waals surface area contributed by atoms with Gasteiger partial charge < -0.3 is 9.42 Å². The number of aromatic nitrogens is 2. The Hall–Kier alpha value is -1.99. The van der Waals surface area contributed by atoms with Gasteiger partial charge in [0.1, 0.15) is 5.82 Å². The molecule has 0 N–H and O–H groups in total. The maximum Gasteiger partial charge on any atom is 0.256 e. The highest BCUT2D eigenvalue weighted by molar-refractivity contribution is 6.31. The van der Waals surface area contributed by atoms with Gasteiger partial charge in [-0.05, 0) is 62.8 Å². The second-order valence-corrected chi connectivity index (χ2v) is 9.61. The molecule has 1 unspecified atom stereocenters. The van der Waals surface area contributed by atoms with E-state index < -0.39 is 5.82 Å². The van der Waals surface area contributed by atoms with E-state index in [0.717, 1.165) is 50.4 Å². The molecule has 160 valence electrons. The number of piperidine rings is 1. The van der Waals surface area contributed by atoms with Crippen LogP contribution in [0.1, 0.15) is 72.6 Å². The van der Waals surface area contributed by atoms with E-state index in [-0.39, 0.29) is 22.9 Å². The first-order valence-corrected chi connectivity index (χ1v) is 11.1. The first kappa shape index (κ1) is 19.9. The predicted octanol–water partition coefficient (Wildman–Crippen LogP) is 4.43. The monoisotopic (exact) mass is 432 g/mol. The molecule has 3 fully saturated rings. The van der Waals surface area contributed by atoms with E-state index in [1.165, 1.54) is 24.6 Å². The maximum atomic E-state index is 14.1.